The molecule has 0 saturated carbocycles. The predicted octanol–water partition coefficient (Wildman–Crippen LogP) is 12.4. The van der Waals surface area contributed by atoms with E-state index >= 15 is 0 Å². The van der Waals surface area contributed by atoms with E-state index in [9.17, 15) is 0 Å². The van der Waals surface area contributed by atoms with Gasteiger partial charge in [0.2, 0.25) is 0 Å². The molecule has 16 bridgehead atoms. The summed E-state index contributed by atoms with van der Waals surface area (Å²) >= 11 is 23.2. The molecular weight excluding hydrogens is 691 g/mol. The van der Waals surface area contributed by atoms with Gasteiger partial charge in [0.1, 0.15) is 0 Å². The van der Waals surface area contributed by atoms with Gasteiger partial charge in [0.15, 0.2) is 0 Å². The standard InChI is InChI=1S/C44H35Cl3N4/c45-36-39-30-20-5-1-18(2-6-20)28(30)26(48-39)17-27-29-19-3-7-21(8-4-19)31(29)40(49-27)37(46)42-33-23-11-15-25(16-12-23)35(33)44(51-42)38(47)43-34-24-13-9-22(10-14-24)32(34)41(36)50-43/h1,3,5,7,9,11,13,15,17-25,48-49H,2,4,6,8,10,12,14,16H2. The van der Waals surface area contributed by atoms with Gasteiger partial charge in [0.25, 0.3) is 0 Å². The van der Waals surface area contributed by atoms with Crippen molar-refractivity contribution in [3.05, 3.63) is 115 Å². The molecule has 3 aromatic rings. The topological polar surface area (TPSA) is 57.4 Å². The third-order valence-electron chi connectivity index (χ3n) is 14.2. The van der Waals surface area contributed by atoms with Crippen molar-refractivity contribution in [1.29, 1.82) is 0 Å². The van der Waals surface area contributed by atoms with Gasteiger partial charge in [-0.2, -0.15) is 0 Å². The molecule has 8 atom stereocenters. The Morgan fingerprint density at radius 2 is 0.686 bits per heavy atom. The van der Waals surface area contributed by atoms with Crippen LogP contribution in [-0.4, -0.2) is 19.9 Å². The fraction of sp³-hybridized carbons (Fsp3) is 0.364. The molecule has 0 saturated heterocycles. The van der Waals surface area contributed by atoms with E-state index < -0.39 is 0 Å². The summed E-state index contributed by atoms with van der Waals surface area (Å²) in [6.07, 6.45) is 28.2. The second kappa shape index (κ2) is 9.89. The molecule has 4 nitrogen and oxygen atoms in total. The number of hydrogen-bond acceptors (Lipinski definition) is 2. The van der Waals surface area contributed by atoms with E-state index in [4.69, 9.17) is 44.8 Å². The first-order chi connectivity index (χ1) is 25.0. The molecule has 0 spiro atoms. The molecule has 8 unspecified atom stereocenters. The highest BCUT2D eigenvalue weighted by molar-refractivity contribution is 6.38. The minimum atomic E-state index is 0.269. The van der Waals surface area contributed by atoms with Crippen LogP contribution in [0, 0.1) is 23.7 Å². The van der Waals surface area contributed by atoms with Crippen LogP contribution in [0.25, 0.3) is 44.4 Å². The van der Waals surface area contributed by atoms with Crippen LogP contribution >= 0.6 is 34.8 Å². The Bertz CT molecular complexity index is 2420. The number of rotatable bonds is 0. The van der Waals surface area contributed by atoms with Gasteiger partial charge >= 0.3 is 0 Å². The molecule has 0 aromatic carbocycles. The number of allylic oxidation sites excluding steroid dienone is 12. The molecule has 51 heavy (non-hydrogen) atoms. The van der Waals surface area contributed by atoms with E-state index in [-0.39, 0.29) is 23.7 Å². The summed E-state index contributed by atoms with van der Waals surface area (Å²) in [5.41, 5.74) is 18.4. The van der Waals surface area contributed by atoms with Crippen molar-refractivity contribution in [1.82, 2.24) is 19.9 Å². The van der Waals surface area contributed by atoms with Crippen molar-refractivity contribution in [2.45, 2.75) is 75.0 Å². The summed E-state index contributed by atoms with van der Waals surface area (Å²) in [6.45, 7) is 0. The maximum Gasteiger partial charge on any atom is 0.0925 e. The van der Waals surface area contributed by atoms with Crippen LogP contribution in [0.5, 0.6) is 0 Å². The van der Waals surface area contributed by atoms with E-state index in [0.717, 1.165) is 106 Å². The third-order valence-corrected chi connectivity index (χ3v) is 15.3. The second-order valence-corrected chi connectivity index (χ2v) is 17.7. The number of fused-ring (bicyclic) bond motifs is 12. The van der Waals surface area contributed by atoms with Crippen molar-refractivity contribution >= 4 is 79.2 Å². The molecule has 5 heterocycles. The van der Waals surface area contributed by atoms with Crippen LogP contribution < -0.4 is 0 Å². The van der Waals surface area contributed by atoms with E-state index in [1.54, 1.807) is 0 Å². The lowest BCUT2D eigenvalue weighted by Gasteiger charge is -2.34. The highest BCUT2D eigenvalue weighted by Gasteiger charge is 2.44. The smallest absolute Gasteiger partial charge is 0.0925 e. The molecule has 252 valence electrons. The number of nitrogens with one attached hydrogen (secondary N) is 2. The number of aromatic nitrogens is 4. The Kier molecular flexibility index (Phi) is 5.61. The minimum absolute atomic E-state index is 0.269. The summed E-state index contributed by atoms with van der Waals surface area (Å²) < 4.78 is 0. The zero-order chi connectivity index (χ0) is 33.4. The first-order valence-electron chi connectivity index (χ1n) is 19.1. The zero-order valence-corrected chi connectivity index (χ0v) is 30.3. The quantitative estimate of drug-likeness (QED) is 0.227. The number of H-pyrrole nitrogens is 2. The normalized spacial score (nSPS) is 32.3. The van der Waals surface area contributed by atoms with E-state index in [1.165, 1.54) is 44.5 Å². The van der Waals surface area contributed by atoms with Crippen LogP contribution in [0.4, 0.5) is 0 Å². The lowest BCUT2D eigenvalue weighted by atomic mass is 9.69. The molecule has 12 aliphatic carbocycles. The number of aromatic amines is 2. The molecule has 7 heteroatoms. The van der Waals surface area contributed by atoms with Crippen LogP contribution in [0.3, 0.4) is 0 Å². The van der Waals surface area contributed by atoms with Crippen molar-refractivity contribution in [3.63, 3.8) is 0 Å². The fourth-order valence-corrected chi connectivity index (χ4v) is 13.0. The summed E-state index contributed by atoms with van der Waals surface area (Å²) in [7, 11) is 0. The predicted molar refractivity (Wildman–Crippen MR) is 208 cm³/mol. The highest BCUT2D eigenvalue weighted by Crippen LogP contribution is 2.59. The maximum absolute atomic E-state index is 7.75. The number of nitrogens with zero attached hydrogens (tertiary/aromatic N) is 2. The van der Waals surface area contributed by atoms with Gasteiger partial charge in [0.05, 0.1) is 48.9 Å². The lowest BCUT2D eigenvalue weighted by molar-refractivity contribution is 0.557. The summed E-state index contributed by atoms with van der Waals surface area (Å²) in [6, 6.07) is 2.38. The van der Waals surface area contributed by atoms with Gasteiger partial charge in [-0.1, -0.05) is 83.4 Å². The van der Waals surface area contributed by atoms with E-state index in [0.29, 0.717) is 28.7 Å². The highest BCUT2D eigenvalue weighted by atomic mass is 35.5. The molecule has 0 radical (unpaired) electrons. The third kappa shape index (κ3) is 3.56. The number of halogens is 3. The maximum atomic E-state index is 7.75. The Labute approximate surface area is 311 Å². The largest absolute Gasteiger partial charge is 0.354 e. The Morgan fingerprint density at radius 3 is 1.02 bits per heavy atom. The van der Waals surface area contributed by atoms with Crippen LogP contribution in [0.15, 0.2) is 54.7 Å². The molecule has 14 aliphatic rings. The van der Waals surface area contributed by atoms with Crippen molar-refractivity contribution < 1.29 is 0 Å². The van der Waals surface area contributed by atoms with Crippen LogP contribution in [0.2, 0.25) is 15.1 Å². The van der Waals surface area contributed by atoms with Gasteiger partial charge in [-0.15, -0.1) is 0 Å². The van der Waals surface area contributed by atoms with Gasteiger partial charge in [0, 0.05) is 58.4 Å². The summed E-state index contributed by atoms with van der Waals surface area (Å²) in [5, 5.41) is 2.09. The van der Waals surface area contributed by atoms with Gasteiger partial charge < -0.3 is 9.97 Å². The Hall–Kier alpha value is -3.57. The monoisotopic (exact) mass is 724 g/mol. The second-order valence-electron chi connectivity index (χ2n) is 16.5. The first-order valence-corrected chi connectivity index (χ1v) is 20.2. The molecule has 17 rings (SSSR count). The average molecular weight is 726 g/mol. The Balaban J connectivity index is 1.24. The Morgan fingerprint density at radius 1 is 0.392 bits per heavy atom. The first kappa shape index (κ1) is 28.9. The average Bonchev–Trinajstić information content (AvgIpc) is 3.99. The molecule has 0 amide bonds. The zero-order valence-electron chi connectivity index (χ0n) is 28.0. The van der Waals surface area contributed by atoms with Crippen molar-refractivity contribution in [2.75, 3.05) is 0 Å². The van der Waals surface area contributed by atoms with E-state index in [1.807, 2.05) is 0 Å². The molecule has 2 N–H and O–H groups in total. The van der Waals surface area contributed by atoms with Gasteiger partial charge in [-0.25, -0.2) is 9.97 Å². The fourth-order valence-electron chi connectivity index (χ4n) is 12.1. The molecular formula is C44H35Cl3N4. The van der Waals surface area contributed by atoms with Crippen LogP contribution in [-0.2, 0) is 0 Å². The van der Waals surface area contributed by atoms with Crippen LogP contribution in [0.1, 0.15) is 120 Å². The molecule has 2 aliphatic heterocycles. The minimum Gasteiger partial charge on any atom is -0.354 e. The van der Waals surface area contributed by atoms with Gasteiger partial charge in [-0.05, 0) is 102 Å². The lowest BCUT2D eigenvalue weighted by Crippen LogP contribution is -2.19. The molecule has 3 aromatic heterocycles. The summed E-state index contributed by atoms with van der Waals surface area (Å²) in [5.74, 6) is 2.50. The van der Waals surface area contributed by atoms with E-state index in [2.05, 4.69) is 64.6 Å². The number of hydrogen-bond donors (Lipinski definition) is 2. The van der Waals surface area contributed by atoms with Gasteiger partial charge in [-0.3, -0.25) is 0 Å². The van der Waals surface area contributed by atoms with Crippen molar-refractivity contribution in [2.24, 2.45) is 23.7 Å². The SMILES string of the molecule is Clc1c2nc(c(Cl)c3[nH]c(cc4[nH]c(c(Cl)c5nc1C1=C5C5C=CC1CC5)c1c4C4C=CC1CC4)c1c3C3C=CC1CC3)C1=C2C2C=CC1CC2. The summed E-state index contributed by atoms with van der Waals surface area (Å²) in [4.78, 5) is 18.9. The van der Waals surface area contributed by atoms with Crippen molar-refractivity contribution in [3.8, 4) is 0 Å². The molecule has 0 fully saturated rings.